The molecule has 0 aliphatic rings. The number of nitrogens with two attached hydrogens (primary N) is 1. The number of nitrogens with zero attached hydrogens (tertiary/aromatic N) is 1. The van der Waals surface area contributed by atoms with Gasteiger partial charge >= 0.3 is 6.03 Å². The van der Waals surface area contributed by atoms with Gasteiger partial charge in [-0.2, -0.15) is 0 Å². The zero-order valence-electron chi connectivity index (χ0n) is 17.2. The summed E-state index contributed by atoms with van der Waals surface area (Å²) < 4.78 is 0. The summed E-state index contributed by atoms with van der Waals surface area (Å²) in [5.74, 6) is 0. The van der Waals surface area contributed by atoms with Gasteiger partial charge in [-0.15, -0.1) is 0 Å². The molecule has 2 aromatic rings. The Kier molecular flexibility index (Phi) is 10.9. The summed E-state index contributed by atoms with van der Waals surface area (Å²) in [4.78, 5) is 13.5. The van der Waals surface area contributed by atoms with Crippen LogP contribution in [0.5, 0.6) is 0 Å². The van der Waals surface area contributed by atoms with Crippen molar-refractivity contribution in [2.45, 2.75) is 64.2 Å². The lowest BCUT2D eigenvalue weighted by molar-refractivity contribution is 0.205. The highest BCUT2D eigenvalue weighted by Gasteiger charge is 2.08. The largest absolute Gasteiger partial charge is 0.351 e. The fourth-order valence-electron chi connectivity index (χ4n) is 3.59. The summed E-state index contributed by atoms with van der Waals surface area (Å²) in [6, 6.07) is 21.0. The second-order valence-corrected chi connectivity index (χ2v) is 7.62. The van der Waals surface area contributed by atoms with Gasteiger partial charge in [-0.1, -0.05) is 86.3 Å². The molecule has 2 rings (SSSR count). The number of aryl methyl sites for hydroxylation is 2. The maximum Gasteiger partial charge on any atom is 0.314 e. The Balaban J connectivity index is 1.48. The number of amides is 2. The number of hydrogen-bond acceptors (Lipinski definition) is 1. The van der Waals surface area contributed by atoms with Crippen molar-refractivity contribution in [3.05, 3.63) is 71.8 Å². The van der Waals surface area contributed by atoms with Gasteiger partial charge in [-0.3, -0.25) is 0 Å². The van der Waals surface area contributed by atoms with Crippen LogP contribution in [0.1, 0.15) is 62.5 Å². The Morgan fingerprint density at radius 1 is 0.607 bits per heavy atom. The molecule has 0 heterocycles. The van der Waals surface area contributed by atoms with E-state index in [0.29, 0.717) is 0 Å². The Morgan fingerprint density at radius 2 is 1.00 bits per heavy atom. The van der Waals surface area contributed by atoms with Crippen LogP contribution in [0.2, 0.25) is 0 Å². The van der Waals surface area contributed by atoms with Gasteiger partial charge in [0.2, 0.25) is 0 Å². The van der Waals surface area contributed by atoms with Crippen molar-refractivity contribution in [1.29, 1.82) is 0 Å². The average molecular weight is 381 g/mol. The van der Waals surface area contributed by atoms with Crippen molar-refractivity contribution in [3.63, 3.8) is 0 Å². The van der Waals surface area contributed by atoms with E-state index in [4.69, 9.17) is 5.73 Å². The first-order valence-electron chi connectivity index (χ1n) is 10.9. The van der Waals surface area contributed by atoms with Crippen molar-refractivity contribution in [1.82, 2.24) is 4.90 Å². The van der Waals surface area contributed by atoms with Gasteiger partial charge in [0.15, 0.2) is 0 Å². The molecule has 0 radical (unpaired) electrons. The third kappa shape index (κ3) is 9.59. The molecule has 0 fully saturated rings. The van der Waals surface area contributed by atoms with Crippen LogP contribution in [0.3, 0.4) is 0 Å². The van der Waals surface area contributed by atoms with Gasteiger partial charge < -0.3 is 10.6 Å². The first-order chi connectivity index (χ1) is 13.8. The van der Waals surface area contributed by atoms with Crippen LogP contribution >= 0.6 is 0 Å². The molecule has 3 heteroatoms. The van der Waals surface area contributed by atoms with E-state index < -0.39 is 0 Å². The molecule has 0 spiro atoms. The Bertz CT molecular complexity index is 591. The minimum atomic E-state index is -0.270. The first kappa shape index (κ1) is 22.0. The average Bonchev–Trinajstić information content (AvgIpc) is 2.72. The van der Waals surface area contributed by atoms with Crippen LogP contribution in [-0.2, 0) is 12.8 Å². The molecule has 28 heavy (non-hydrogen) atoms. The second-order valence-electron chi connectivity index (χ2n) is 7.62. The van der Waals surface area contributed by atoms with Crippen molar-refractivity contribution in [2.75, 3.05) is 13.1 Å². The van der Waals surface area contributed by atoms with E-state index in [9.17, 15) is 4.79 Å². The van der Waals surface area contributed by atoms with Crippen molar-refractivity contribution in [2.24, 2.45) is 5.73 Å². The number of carbonyl (C=O) groups is 1. The molecule has 0 unspecified atom stereocenters. The normalized spacial score (nSPS) is 10.7. The van der Waals surface area contributed by atoms with Gasteiger partial charge in [-0.25, -0.2) is 4.79 Å². The molecule has 3 nitrogen and oxygen atoms in total. The van der Waals surface area contributed by atoms with Crippen LogP contribution in [0.25, 0.3) is 0 Å². The third-order valence-corrected chi connectivity index (χ3v) is 5.28. The molecule has 0 atom stereocenters. The van der Waals surface area contributed by atoms with Crippen LogP contribution in [0.15, 0.2) is 60.7 Å². The standard InChI is InChI=1S/C25H36N2O/c26-25(28)27(21-13-3-1-7-15-23-17-9-5-10-18-23)22-14-4-2-8-16-24-19-11-6-12-20-24/h5-6,9-12,17-20H,1-4,7-8,13-16,21-22H2,(H2,26,28). The third-order valence-electron chi connectivity index (χ3n) is 5.28. The van der Waals surface area contributed by atoms with Crippen molar-refractivity contribution < 1.29 is 4.79 Å². The maximum atomic E-state index is 11.7. The highest BCUT2D eigenvalue weighted by Crippen LogP contribution is 2.10. The summed E-state index contributed by atoms with van der Waals surface area (Å²) in [7, 11) is 0. The number of urea groups is 1. The summed E-state index contributed by atoms with van der Waals surface area (Å²) in [6.45, 7) is 1.59. The van der Waals surface area contributed by atoms with E-state index in [1.165, 1.54) is 36.8 Å². The molecular formula is C25H36N2O. The van der Waals surface area contributed by atoms with E-state index in [2.05, 4.69) is 60.7 Å². The number of hydrogen-bond donors (Lipinski definition) is 1. The van der Waals surface area contributed by atoms with Crippen LogP contribution < -0.4 is 5.73 Å². The van der Waals surface area contributed by atoms with Crippen molar-refractivity contribution in [3.8, 4) is 0 Å². The predicted molar refractivity (Wildman–Crippen MR) is 118 cm³/mol. The molecule has 0 aromatic heterocycles. The number of rotatable bonds is 14. The Labute approximate surface area is 170 Å². The quantitative estimate of drug-likeness (QED) is 0.403. The van der Waals surface area contributed by atoms with E-state index in [1.54, 1.807) is 0 Å². The molecule has 0 aliphatic carbocycles. The monoisotopic (exact) mass is 380 g/mol. The van der Waals surface area contributed by atoms with Gasteiger partial charge in [0.05, 0.1) is 0 Å². The van der Waals surface area contributed by atoms with Crippen LogP contribution in [-0.4, -0.2) is 24.0 Å². The fraction of sp³-hybridized carbons (Fsp3) is 0.480. The van der Waals surface area contributed by atoms with Crippen LogP contribution in [0, 0.1) is 0 Å². The topological polar surface area (TPSA) is 46.3 Å². The minimum absolute atomic E-state index is 0.270. The lowest BCUT2D eigenvalue weighted by atomic mass is 10.1. The highest BCUT2D eigenvalue weighted by atomic mass is 16.2. The van der Waals surface area contributed by atoms with E-state index >= 15 is 0 Å². The smallest absolute Gasteiger partial charge is 0.314 e. The Hall–Kier alpha value is -2.29. The summed E-state index contributed by atoms with van der Waals surface area (Å²) >= 11 is 0. The number of unbranched alkanes of at least 4 members (excludes halogenated alkanes) is 6. The molecule has 2 amide bonds. The van der Waals surface area contributed by atoms with Gasteiger partial charge in [0.25, 0.3) is 0 Å². The predicted octanol–water partition coefficient (Wildman–Crippen LogP) is 5.97. The molecular weight excluding hydrogens is 344 g/mol. The lowest BCUT2D eigenvalue weighted by Gasteiger charge is -2.20. The number of carbonyl (C=O) groups excluding carboxylic acids is 1. The summed E-state index contributed by atoms with van der Waals surface area (Å²) in [5.41, 5.74) is 8.38. The fourth-order valence-corrected chi connectivity index (χ4v) is 3.59. The number of primary amides is 1. The van der Waals surface area contributed by atoms with Gasteiger partial charge in [0, 0.05) is 13.1 Å². The van der Waals surface area contributed by atoms with Gasteiger partial charge in [-0.05, 0) is 49.7 Å². The molecule has 0 bridgehead atoms. The van der Waals surface area contributed by atoms with Gasteiger partial charge in [0.1, 0.15) is 0 Å². The molecule has 2 aromatic carbocycles. The molecule has 0 saturated carbocycles. The highest BCUT2D eigenvalue weighted by molar-refractivity contribution is 5.71. The first-order valence-corrected chi connectivity index (χ1v) is 10.9. The Morgan fingerprint density at radius 3 is 1.39 bits per heavy atom. The van der Waals surface area contributed by atoms with E-state index in [0.717, 1.165) is 51.6 Å². The molecule has 152 valence electrons. The summed E-state index contributed by atoms with van der Waals surface area (Å²) in [5, 5.41) is 0. The second kappa shape index (κ2) is 13.8. The minimum Gasteiger partial charge on any atom is -0.351 e. The van der Waals surface area contributed by atoms with Crippen LogP contribution in [0.4, 0.5) is 4.79 Å². The lowest BCUT2D eigenvalue weighted by Crippen LogP contribution is -2.37. The van der Waals surface area contributed by atoms with E-state index in [1.807, 2.05) is 4.90 Å². The zero-order chi connectivity index (χ0) is 19.9. The zero-order valence-corrected chi connectivity index (χ0v) is 17.2. The SMILES string of the molecule is NC(=O)N(CCCCCCc1ccccc1)CCCCCCc1ccccc1. The number of benzene rings is 2. The summed E-state index contributed by atoms with van der Waals surface area (Å²) in [6.07, 6.45) is 11.5. The maximum absolute atomic E-state index is 11.7. The molecule has 0 saturated heterocycles. The van der Waals surface area contributed by atoms with Crippen molar-refractivity contribution >= 4 is 6.03 Å². The van der Waals surface area contributed by atoms with E-state index in [-0.39, 0.29) is 6.03 Å². The molecule has 2 N–H and O–H groups in total. The molecule has 0 aliphatic heterocycles.